The molecule has 0 spiro atoms. The number of hydrogen-bond acceptors (Lipinski definition) is 3. The Kier molecular flexibility index (Phi) is 7.51. The zero-order chi connectivity index (χ0) is 21.6. The Balaban J connectivity index is 1.60. The van der Waals surface area contributed by atoms with Crippen molar-refractivity contribution in [3.63, 3.8) is 0 Å². The Morgan fingerprint density at radius 3 is 2.23 bits per heavy atom. The maximum absolute atomic E-state index is 14.2. The molecule has 0 aliphatic heterocycles. The maximum atomic E-state index is 14.2. The molecule has 3 nitrogen and oxygen atoms in total. The van der Waals surface area contributed by atoms with Crippen molar-refractivity contribution in [2.24, 2.45) is 0 Å². The van der Waals surface area contributed by atoms with Gasteiger partial charge in [-0.05, 0) is 66.6 Å². The summed E-state index contributed by atoms with van der Waals surface area (Å²) >= 11 is 3.38. The quantitative estimate of drug-likeness (QED) is 0.327. The highest BCUT2D eigenvalue weighted by molar-refractivity contribution is 9.10. The molecule has 0 atom stereocenters. The van der Waals surface area contributed by atoms with E-state index in [0.717, 1.165) is 15.8 Å². The molecule has 3 aromatic rings. The van der Waals surface area contributed by atoms with E-state index in [-0.39, 0.29) is 11.2 Å². The first-order valence-corrected chi connectivity index (χ1v) is 10.7. The van der Waals surface area contributed by atoms with Crippen LogP contribution in [0.4, 0.5) is 4.39 Å². The van der Waals surface area contributed by atoms with Gasteiger partial charge >= 0.3 is 0 Å². The van der Waals surface area contributed by atoms with Crippen LogP contribution in [0.15, 0.2) is 71.2 Å². The van der Waals surface area contributed by atoms with Crippen LogP contribution in [0, 0.1) is 5.82 Å². The van der Waals surface area contributed by atoms with E-state index >= 15 is 0 Å². The summed E-state index contributed by atoms with van der Waals surface area (Å²) in [5.41, 5.74) is 1.86. The molecule has 0 saturated heterocycles. The minimum atomic E-state index is -0.406. The average molecular weight is 473 g/mol. The van der Waals surface area contributed by atoms with Crippen LogP contribution in [0.1, 0.15) is 31.9 Å². The first-order valence-electron chi connectivity index (χ1n) is 9.90. The summed E-state index contributed by atoms with van der Waals surface area (Å²) < 4.78 is 32.3. The summed E-state index contributed by atoms with van der Waals surface area (Å²) in [4.78, 5) is 0. The number of hydrogen-bond donors (Lipinski definition) is 0. The van der Waals surface area contributed by atoms with Gasteiger partial charge in [0.05, 0.1) is 19.8 Å². The molecule has 5 heteroatoms. The topological polar surface area (TPSA) is 27.7 Å². The fraction of sp³-hybridized carbons (Fsp3) is 0.280. The highest BCUT2D eigenvalue weighted by atomic mass is 79.9. The van der Waals surface area contributed by atoms with Crippen LogP contribution in [0.2, 0.25) is 0 Å². The van der Waals surface area contributed by atoms with Gasteiger partial charge in [-0.2, -0.15) is 0 Å². The Labute approximate surface area is 185 Å². The minimum absolute atomic E-state index is 0.165. The second-order valence-electron chi connectivity index (χ2n) is 7.65. The normalized spacial score (nSPS) is 11.4. The van der Waals surface area contributed by atoms with Gasteiger partial charge in [0, 0.05) is 9.89 Å². The Morgan fingerprint density at radius 1 is 0.900 bits per heavy atom. The van der Waals surface area contributed by atoms with Crippen molar-refractivity contribution in [1.29, 1.82) is 0 Å². The number of ether oxygens (including phenoxy) is 3. The monoisotopic (exact) mass is 472 g/mol. The van der Waals surface area contributed by atoms with E-state index in [1.54, 1.807) is 24.3 Å². The Morgan fingerprint density at radius 2 is 1.57 bits per heavy atom. The lowest BCUT2D eigenvalue weighted by Crippen LogP contribution is -2.24. The van der Waals surface area contributed by atoms with E-state index in [4.69, 9.17) is 14.2 Å². The first-order chi connectivity index (χ1) is 14.4. The summed E-state index contributed by atoms with van der Waals surface area (Å²) in [7, 11) is 0. The van der Waals surface area contributed by atoms with Crippen LogP contribution in [-0.4, -0.2) is 13.2 Å². The number of benzene rings is 3. The van der Waals surface area contributed by atoms with Crippen molar-refractivity contribution in [1.82, 2.24) is 0 Å². The van der Waals surface area contributed by atoms with Crippen molar-refractivity contribution >= 4 is 15.9 Å². The summed E-state index contributed by atoms with van der Waals surface area (Å²) in [6.45, 7) is 7.79. The summed E-state index contributed by atoms with van der Waals surface area (Å²) in [6, 6.07) is 20.2. The van der Waals surface area contributed by atoms with Gasteiger partial charge < -0.3 is 14.2 Å². The van der Waals surface area contributed by atoms with E-state index in [1.165, 1.54) is 11.6 Å². The predicted octanol–water partition coefficient (Wildman–Crippen LogP) is 7.27. The number of halogens is 2. The Hall–Kier alpha value is -2.37. The maximum Gasteiger partial charge on any atom is 0.165 e. The largest absolute Gasteiger partial charge is 0.494 e. The van der Waals surface area contributed by atoms with E-state index in [2.05, 4.69) is 41.9 Å². The lowest BCUT2D eigenvalue weighted by Gasteiger charge is -2.25. The fourth-order valence-electron chi connectivity index (χ4n) is 3.02. The first kappa shape index (κ1) is 22.3. The van der Waals surface area contributed by atoms with Gasteiger partial charge in [0.15, 0.2) is 11.6 Å². The van der Waals surface area contributed by atoms with Crippen molar-refractivity contribution in [2.75, 3.05) is 13.2 Å². The molecule has 0 aromatic heterocycles. The SMILES string of the molecule is CCOc1ccc(C(C)(C)COCc2ccc(F)c(Oc3ccc(Br)cc3)c2)cc1. The predicted molar refractivity (Wildman–Crippen MR) is 121 cm³/mol. The molecule has 0 saturated carbocycles. The second-order valence-corrected chi connectivity index (χ2v) is 8.57. The van der Waals surface area contributed by atoms with Crippen LogP contribution in [-0.2, 0) is 16.8 Å². The zero-order valence-electron chi connectivity index (χ0n) is 17.5. The highest BCUT2D eigenvalue weighted by Gasteiger charge is 2.21. The molecule has 0 heterocycles. The molecule has 0 bridgehead atoms. The van der Waals surface area contributed by atoms with Gasteiger partial charge in [0.25, 0.3) is 0 Å². The van der Waals surface area contributed by atoms with Crippen molar-refractivity contribution in [3.05, 3.63) is 88.1 Å². The van der Waals surface area contributed by atoms with Gasteiger partial charge in [-0.1, -0.05) is 48.0 Å². The average Bonchev–Trinajstić information content (AvgIpc) is 2.72. The van der Waals surface area contributed by atoms with Crippen LogP contribution >= 0.6 is 15.9 Å². The molecule has 0 fully saturated rings. The van der Waals surface area contributed by atoms with Crippen LogP contribution in [0.5, 0.6) is 17.2 Å². The lowest BCUT2D eigenvalue weighted by molar-refractivity contribution is 0.0823. The van der Waals surface area contributed by atoms with Gasteiger partial charge in [0.1, 0.15) is 11.5 Å². The smallest absolute Gasteiger partial charge is 0.165 e. The molecule has 0 radical (unpaired) electrons. The van der Waals surface area contributed by atoms with E-state index in [9.17, 15) is 4.39 Å². The molecular formula is C25H26BrFO3. The van der Waals surface area contributed by atoms with Crippen LogP contribution in [0.3, 0.4) is 0 Å². The summed E-state index contributed by atoms with van der Waals surface area (Å²) in [5.74, 6) is 1.22. The summed E-state index contributed by atoms with van der Waals surface area (Å²) in [6.07, 6.45) is 0. The number of rotatable bonds is 9. The fourth-order valence-corrected chi connectivity index (χ4v) is 3.29. The third-order valence-electron chi connectivity index (χ3n) is 4.72. The van der Waals surface area contributed by atoms with E-state index in [1.807, 2.05) is 31.2 Å². The molecule has 158 valence electrons. The highest BCUT2D eigenvalue weighted by Crippen LogP contribution is 2.28. The standard InChI is InChI=1S/C25H26BrFO3/c1-4-29-21-10-6-19(7-11-21)25(2,3)17-28-16-18-5-14-23(27)24(15-18)30-22-12-8-20(26)9-13-22/h5-15H,4,16-17H2,1-3H3. The van der Waals surface area contributed by atoms with E-state index < -0.39 is 5.82 Å². The van der Waals surface area contributed by atoms with Crippen molar-refractivity contribution < 1.29 is 18.6 Å². The van der Waals surface area contributed by atoms with Gasteiger partial charge in [-0.25, -0.2) is 4.39 Å². The minimum Gasteiger partial charge on any atom is -0.494 e. The van der Waals surface area contributed by atoms with Gasteiger partial charge in [0.2, 0.25) is 0 Å². The molecule has 0 aliphatic rings. The van der Waals surface area contributed by atoms with Crippen molar-refractivity contribution in [2.45, 2.75) is 32.8 Å². The van der Waals surface area contributed by atoms with Crippen LogP contribution in [0.25, 0.3) is 0 Å². The lowest BCUT2D eigenvalue weighted by atomic mass is 9.85. The molecule has 0 aliphatic carbocycles. The third kappa shape index (κ3) is 6.07. The molecule has 0 amide bonds. The van der Waals surface area contributed by atoms with Crippen molar-refractivity contribution in [3.8, 4) is 17.2 Å². The molecule has 0 unspecified atom stereocenters. The zero-order valence-corrected chi connectivity index (χ0v) is 19.0. The van der Waals surface area contributed by atoms with Crippen LogP contribution < -0.4 is 9.47 Å². The van der Waals surface area contributed by atoms with Gasteiger partial charge in [-0.3, -0.25) is 0 Å². The van der Waals surface area contributed by atoms with Gasteiger partial charge in [-0.15, -0.1) is 0 Å². The second kappa shape index (κ2) is 10.1. The molecule has 3 aromatic carbocycles. The molecule has 3 rings (SSSR count). The summed E-state index contributed by atoms with van der Waals surface area (Å²) in [5, 5.41) is 0. The van der Waals surface area contributed by atoms with E-state index in [0.29, 0.717) is 25.6 Å². The molecule has 30 heavy (non-hydrogen) atoms. The molecule has 0 N–H and O–H groups in total. The Bertz CT molecular complexity index is 953. The third-order valence-corrected chi connectivity index (χ3v) is 5.24. The molecular weight excluding hydrogens is 447 g/mol.